The first-order chi connectivity index (χ1) is 13.3. The molecule has 7 nitrogen and oxygen atoms in total. The first-order valence-corrected chi connectivity index (χ1v) is 10.5. The molecule has 2 amide bonds. The van der Waals surface area contributed by atoms with E-state index in [2.05, 4.69) is 10.6 Å². The summed E-state index contributed by atoms with van der Waals surface area (Å²) in [7, 11) is -3.80. The molecule has 0 aliphatic carbocycles. The predicted molar refractivity (Wildman–Crippen MR) is 108 cm³/mol. The zero-order chi connectivity index (χ0) is 20.3. The Hall–Kier alpha value is -2.42. The van der Waals surface area contributed by atoms with E-state index in [9.17, 15) is 18.0 Å². The fraction of sp³-hybridized carbons (Fsp3) is 0.263. The molecule has 1 fully saturated rings. The van der Waals surface area contributed by atoms with Crippen molar-refractivity contribution in [1.82, 2.24) is 4.31 Å². The summed E-state index contributed by atoms with van der Waals surface area (Å²) in [6.07, 6.45) is 1.05. The van der Waals surface area contributed by atoms with Gasteiger partial charge in [-0.05, 0) is 61.4 Å². The van der Waals surface area contributed by atoms with Gasteiger partial charge in [0.15, 0.2) is 0 Å². The minimum Gasteiger partial charge on any atom is -0.326 e. The third kappa shape index (κ3) is 4.52. The third-order valence-corrected chi connectivity index (χ3v) is 6.57. The molecule has 3 rings (SSSR count). The highest BCUT2D eigenvalue weighted by molar-refractivity contribution is 7.89. The number of hydrogen-bond acceptors (Lipinski definition) is 4. The molecule has 1 unspecified atom stereocenters. The van der Waals surface area contributed by atoms with Crippen LogP contribution in [0.5, 0.6) is 0 Å². The number of nitrogens with zero attached hydrogens (tertiary/aromatic N) is 1. The Labute approximate surface area is 168 Å². The van der Waals surface area contributed by atoms with Gasteiger partial charge >= 0.3 is 0 Å². The number of hydrogen-bond donors (Lipinski definition) is 2. The van der Waals surface area contributed by atoms with Crippen LogP contribution in [0.2, 0.25) is 5.02 Å². The Morgan fingerprint density at radius 3 is 2.14 bits per heavy atom. The Morgan fingerprint density at radius 2 is 1.57 bits per heavy atom. The molecule has 148 valence electrons. The molecule has 9 heteroatoms. The van der Waals surface area contributed by atoms with Crippen molar-refractivity contribution in [3.63, 3.8) is 0 Å². The van der Waals surface area contributed by atoms with Gasteiger partial charge < -0.3 is 10.6 Å². The maximum atomic E-state index is 12.9. The SMILES string of the molecule is CC(=O)Nc1ccc(NC(=O)C2CCCN2S(=O)(=O)c2ccc(Cl)cc2)cc1. The molecule has 0 saturated carbocycles. The lowest BCUT2D eigenvalue weighted by Crippen LogP contribution is -2.43. The first kappa shape index (κ1) is 20.3. The molecule has 28 heavy (non-hydrogen) atoms. The fourth-order valence-corrected chi connectivity index (χ4v) is 4.88. The minimum absolute atomic E-state index is 0.108. The van der Waals surface area contributed by atoms with Crippen molar-refractivity contribution >= 4 is 44.8 Å². The second kappa shape index (κ2) is 8.30. The summed E-state index contributed by atoms with van der Waals surface area (Å²) in [5, 5.41) is 5.83. The van der Waals surface area contributed by atoms with Gasteiger partial charge in [-0.3, -0.25) is 9.59 Å². The highest BCUT2D eigenvalue weighted by Crippen LogP contribution is 2.28. The molecule has 2 aromatic rings. The van der Waals surface area contributed by atoms with Crippen LogP contribution >= 0.6 is 11.6 Å². The van der Waals surface area contributed by atoms with Crippen LogP contribution in [0.15, 0.2) is 53.4 Å². The zero-order valence-corrected chi connectivity index (χ0v) is 16.8. The van der Waals surface area contributed by atoms with Crippen molar-refractivity contribution in [1.29, 1.82) is 0 Å². The lowest BCUT2D eigenvalue weighted by atomic mass is 10.2. The van der Waals surface area contributed by atoms with Gasteiger partial charge in [-0.2, -0.15) is 4.31 Å². The number of rotatable bonds is 5. The summed E-state index contributed by atoms with van der Waals surface area (Å²) in [6.45, 7) is 1.69. The number of amides is 2. The molecule has 1 heterocycles. The third-order valence-electron chi connectivity index (χ3n) is 4.40. The summed E-state index contributed by atoms with van der Waals surface area (Å²) >= 11 is 5.83. The van der Waals surface area contributed by atoms with E-state index >= 15 is 0 Å². The number of sulfonamides is 1. The Bertz CT molecular complexity index is 975. The van der Waals surface area contributed by atoms with E-state index in [1.54, 1.807) is 24.3 Å². The van der Waals surface area contributed by atoms with E-state index in [0.717, 1.165) is 0 Å². The van der Waals surface area contributed by atoms with Crippen LogP contribution in [0.25, 0.3) is 0 Å². The Balaban J connectivity index is 1.74. The number of halogens is 1. The van der Waals surface area contributed by atoms with E-state index in [1.165, 1.54) is 35.5 Å². The quantitative estimate of drug-likeness (QED) is 0.775. The second-order valence-corrected chi connectivity index (χ2v) is 8.80. The van der Waals surface area contributed by atoms with Crippen molar-refractivity contribution in [2.75, 3.05) is 17.2 Å². The van der Waals surface area contributed by atoms with Crippen LogP contribution in [0.1, 0.15) is 19.8 Å². The van der Waals surface area contributed by atoms with Crippen molar-refractivity contribution in [3.05, 3.63) is 53.6 Å². The van der Waals surface area contributed by atoms with E-state index in [-0.39, 0.29) is 23.3 Å². The molecule has 0 bridgehead atoms. The zero-order valence-electron chi connectivity index (χ0n) is 15.2. The predicted octanol–water partition coefficient (Wildman–Crippen LogP) is 3.09. The van der Waals surface area contributed by atoms with Gasteiger partial charge in [-0.1, -0.05) is 11.6 Å². The molecule has 2 N–H and O–H groups in total. The van der Waals surface area contributed by atoms with Gasteiger partial charge in [0.1, 0.15) is 6.04 Å². The van der Waals surface area contributed by atoms with Crippen LogP contribution in [0.3, 0.4) is 0 Å². The topological polar surface area (TPSA) is 95.6 Å². The van der Waals surface area contributed by atoms with Crippen LogP contribution in [0.4, 0.5) is 11.4 Å². The number of nitrogens with one attached hydrogen (secondary N) is 2. The lowest BCUT2D eigenvalue weighted by Gasteiger charge is -2.23. The molecule has 0 radical (unpaired) electrons. The molecular formula is C19H20ClN3O4S. The summed E-state index contributed by atoms with van der Waals surface area (Å²) in [5.41, 5.74) is 1.13. The molecule has 1 aliphatic heterocycles. The minimum atomic E-state index is -3.80. The molecule has 2 aromatic carbocycles. The first-order valence-electron chi connectivity index (χ1n) is 8.73. The largest absolute Gasteiger partial charge is 0.326 e. The summed E-state index contributed by atoms with van der Waals surface area (Å²) in [5.74, 6) is -0.576. The Kier molecular flexibility index (Phi) is 6.02. The van der Waals surface area contributed by atoms with E-state index < -0.39 is 16.1 Å². The summed E-state index contributed by atoms with van der Waals surface area (Å²) < 4.78 is 27.1. The van der Waals surface area contributed by atoms with Gasteiger partial charge in [0, 0.05) is 29.9 Å². The van der Waals surface area contributed by atoms with Crippen molar-refractivity contribution in [2.45, 2.75) is 30.7 Å². The fourth-order valence-electron chi connectivity index (χ4n) is 3.10. The average molecular weight is 422 g/mol. The second-order valence-electron chi connectivity index (χ2n) is 6.48. The van der Waals surface area contributed by atoms with Gasteiger partial charge in [-0.15, -0.1) is 0 Å². The highest BCUT2D eigenvalue weighted by atomic mass is 35.5. The molecular weight excluding hydrogens is 402 g/mol. The smallest absolute Gasteiger partial charge is 0.243 e. The Morgan fingerprint density at radius 1 is 1.00 bits per heavy atom. The number of carbonyl (C=O) groups excluding carboxylic acids is 2. The van der Waals surface area contributed by atoms with Crippen molar-refractivity contribution in [2.24, 2.45) is 0 Å². The lowest BCUT2D eigenvalue weighted by molar-refractivity contribution is -0.119. The van der Waals surface area contributed by atoms with Crippen LogP contribution in [-0.2, 0) is 19.6 Å². The van der Waals surface area contributed by atoms with Crippen molar-refractivity contribution < 1.29 is 18.0 Å². The summed E-state index contributed by atoms with van der Waals surface area (Å²) in [6, 6.07) is 11.7. The standard InChI is InChI=1S/C19H20ClN3O4S/c1-13(24)21-15-6-8-16(9-7-15)22-19(25)18-3-2-12-23(18)28(26,27)17-10-4-14(20)5-11-17/h4-11,18H,2-3,12H2,1H3,(H,21,24)(H,22,25). The molecule has 1 saturated heterocycles. The summed E-state index contributed by atoms with van der Waals surface area (Å²) in [4.78, 5) is 23.9. The van der Waals surface area contributed by atoms with E-state index in [1.807, 2.05) is 0 Å². The maximum absolute atomic E-state index is 12.9. The molecule has 1 atom stereocenters. The monoisotopic (exact) mass is 421 g/mol. The number of anilines is 2. The normalized spacial score (nSPS) is 17.3. The maximum Gasteiger partial charge on any atom is 0.243 e. The molecule has 0 aromatic heterocycles. The van der Waals surface area contributed by atoms with E-state index in [0.29, 0.717) is 29.2 Å². The van der Waals surface area contributed by atoms with Gasteiger partial charge in [0.05, 0.1) is 4.90 Å². The number of carbonyl (C=O) groups is 2. The highest BCUT2D eigenvalue weighted by Gasteiger charge is 2.39. The van der Waals surface area contributed by atoms with E-state index in [4.69, 9.17) is 11.6 Å². The van der Waals surface area contributed by atoms with Crippen LogP contribution < -0.4 is 10.6 Å². The molecule has 1 aliphatic rings. The van der Waals surface area contributed by atoms with Crippen LogP contribution in [0, 0.1) is 0 Å². The van der Waals surface area contributed by atoms with Gasteiger partial charge in [-0.25, -0.2) is 8.42 Å². The van der Waals surface area contributed by atoms with Crippen molar-refractivity contribution in [3.8, 4) is 0 Å². The van der Waals surface area contributed by atoms with Crippen LogP contribution in [-0.4, -0.2) is 37.1 Å². The average Bonchev–Trinajstić information content (AvgIpc) is 3.14. The van der Waals surface area contributed by atoms with Gasteiger partial charge in [0.2, 0.25) is 21.8 Å². The number of benzene rings is 2. The van der Waals surface area contributed by atoms with Gasteiger partial charge in [0.25, 0.3) is 0 Å². The molecule has 0 spiro atoms.